The number of amides is 1. The Hall–Kier alpha value is -3.78. The molecule has 0 unspecified atom stereocenters. The Bertz CT molecular complexity index is 1330. The van der Waals surface area contributed by atoms with Crippen molar-refractivity contribution in [3.05, 3.63) is 99.6 Å². The molecule has 39 heavy (non-hydrogen) atoms. The first kappa shape index (κ1) is 28.2. The van der Waals surface area contributed by atoms with Gasteiger partial charge in [0.1, 0.15) is 12.4 Å². The summed E-state index contributed by atoms with van der Waals surface area (Å²) in [6.45, 7) is 5.00. The van der Waals surface area contributed by atoms with Gasteiger partial charge in [-0.2, -0.15) is 0 Å². The van der Waals surface area contributed by atoms with Gasteiger partial charge in [-0.3, -0.25) is 9.59 Å². The van der Waals surface area contributed by atoms with Gasteiger partial charge in [-0.25, -0.2) is 8.78 Å². The maximum Gasteiger partial charge on any atom is 0.305 e. The Morgan fingerprint density at radius 1 is 0.974 bits per heavy atom. The Kier molecular flexibility index (Phi) is 8.97. The van der Waals surface area contributed by atoms with Crippen LogP contribution in [0.15, 0.2) is 54.6 Å². The third-order valence-corrected chi connectivity index (χ3v) is 7.01. The standard InChI is InChI=1S/C31H33F2NO5/c1-20-14-21(2)16-24(15-20)31(10-12-38-13-11-31)34-30(36)26-17-22(4-5-23(26)6-9-29(35)37-3)19-39-28-18-25(32)7-8-27(28)33/h4-5,7-8,14-18H,6,9-13,19H2,1-3H3,(H,34,36). The molecule has 1 fully saturated rings. The lowest BCUT2D eigenvalue weighted by Crippen LogP contribution is -2.49. The first-order valence-electron chi connectivity index (χ1n) is 12.9. The Morgan fingerprint density at radius 2 is 1.69 bits per heavy atom. The van der Waals surface area contributed by atoms with Gasteiger partial charge in [0.15, 0.2) is 11.6 Å². The third kappa shape index (κ3) is 7.00. The van der Waals surface area contributed by atoms with Gasteiger partial charge in [-0.1, -0.05) is 41.5 Å². The zero-order valence-corrected chi connectivity index (χ0v) is 22.4. The predicted molar refractivity (Wildman–Crippen MR) is 143 cm³/mol. The van der Waals surface area contributed by atoms with E-state index < -0.39 is 17.2 Å². The van der Waals surface area contributed by atoms with E-state index in [1.165, 1.54) is 7.11 Å². The summed E-state index contributed by atoms with van der Waals surface area (Å²) in [6, 6.07) is 14.4. The number of ether oxygens (including phenoxy) is 3. The highest BCUT2D eigenvalue weighted by molar-refractivity contribution is 5.96. The van der Waals surface area contributed by atoms with E-state index in [0.717, 1.165) is 34.9 Å². The minimum absolute atomic E-state index is 0.0754. The Balaban J connectivity index is 1.65. The van der Waals surface area contributed by atoms with E-state index >= 15 is 0 Å². The molecule has 0 aromatic heterocycles. The van der Waals surface area contributed by atoms with Crippen LogP contribution in [-0.4, -0.2) is 32.2 Å². The Morgan fingerprint density at radius 3 is 2.38 bits per heavy atom. The van der Waals surface area contributed by atoms with Gasteiger partial charge in [-0.15, -0.1) is 0 Å². The molecule has 206 valence electrons. The third-order valence-electron chi connectivity index (χ3n) is 7.01. The van der Waals surface area contributed by atoms with E-state index in [9.17, 15) is 18.4 Å². The summed E-state index contributed by atoms with van der Waals surface area (Å²) in [6.07, 6.45) is 1.63. The molecule has 6 nitrogen and oxygen atoms in total. The Labute approximate surface area is 227 Å². The second-order valence-corrected chi connectivity index (χ2v) is 9.96. The number of esters is 1. The minimum atomic E-state index is -0.682. The number of carbonyl (C=O) groups is 2. The highest BCUT2D eigenvalue weighted by Gasteiger charge is 2.37. The summed E-state index contributed by atoms with van der Waals surface area (Å²) in [7, 11) is 1.32. The van der Waals surface area contributed by atoms with Gasteiger partial charge in [0.2, 0.25) is 0 Å². The van der Waals surface area contributed by atoms with Crippen molar-refractivity contribution in [3.63, 3.8) is 0 Å². The van der Waals surface area contributed by atoms with Crippen LogP contribution in [0.4, 0.5) is 8.78 Å². The molecule has 0 saturated carbocycles. The second kappa shape index (κ2) is 12.4. The van der Waals surface area contributed by atoms with Crippen LogP contribution in [0.25, 0.3) is 0 Å². The molecular weight excluding hydrogens is 504 g/mol. The maximum atomic E-state index is 14.1. The molecule has 1 aliphatic heterocycles. The van der Waals surface area contributed by atoms with E-state index in [0.29, 0.717) is 49.2 Å². The monoisotopic (exact) mass is 537 g/mol. The van der Waals surface area contributed by atoms with Crippen molar-refractivity contribution < 1.29 is 32.6 Å². The van der Waals surface area contributed by atoms with Crippen molar-refractivity contribution in [2.75, 3.05) is 20.3 Å². The van der Waals surface area contributed by atoms with Gasteiger partial charge < -0.3 is 19.5 Å². The number of rotatable bonds is 9. The van der Waals surface area contributed by atoms with Crippen LogP contribution in [0, 0.1) is 25.5 Å². The average Bonchev–Trinajstić information content (AvgIpc) is 2.92. The predicted octanol–water partition coefficient (Wildman–Crippen LogP) is 5.70. The van der Waals surface area contributed by atoms with E-state index in [4.69, 9.17) is 14.2 Å². The van der Waals surface area contributed by atoms with Crippen LogP contribution in [0.1, 0.15) is 57.4 Å². The van der Waals surface area contributed by atoms with Crippen molar-refractivity contribution in [3.8, 4) is 5.75 Å². The average molecular weight is 538 g/mol. The largest absolute Gasteiger partial charge is 0.486 e. The van der Waals surface area contributed by atoms with E-state index in [1.54, 1.807) is 18.2 Å². The number of methoxy groups -OCH3 is 1. The summed E-state index contributed by atoms with van der Waals surface area (Å²) < 4.78 is 43.6. The molecule has 4 rings (SSSR count). The summed E-state index contributed by atoms with van der Waals surface area (Å²) in [4.78, 5) is 25.7. The van der Waals surface area contributed by atoms with Crippen molar-refractivity contribution in [2.45, 2.75) is 51.7 Å². The zero-order chi connectivity index (χ0) is 28.0. The summed E-state index contributed by atoms with van der Waals surface area (Å²) >= 11 is 0. The fourth-order valence-electron chi connectivity index (χ4n) is 4.97. The SMILES string of the molecule is COC(=O)CCc1ccc(COc2cc(F)ccc2F)cc1C(=O)NC1(c2cc(C)cc(C)c2)CCOCC1. The highest BCUT2D eigenvalue weighted by Crippen LogP contribution is 2.34. The molecule has 1 N–H and O–H groups in total. The van der Waals surface area contributed by atoms with Gasteiger partial charge >= 0.3 is 5.97 Å². The van der Waals surface area contributed by atoms with Crippen molar-refractivity contribution in [2.24, 2.45) is 0 Å². The van der Waals surface area contributed by atoms with Crippen molar-refractivity contribution in [1.29, 1.82) is 0 Å². The second-order valence-electron chi connectivity index (χ2n) is 9.96. The fourth-order valence-corrected chi connectivity index (χ4v) is 4.97. The topological polar surface area (TPSA) is 73.9 Å². The van der Waals surface area contributed by atoms with Gasteiger partial charge in [0.25, 0.3) is 5.91 Å². The molecule has 3 aromatic rings. The normalized spacial score (nSPS) is 14.5. The van der Waals surface area contributed by atoms with Gasteiger partial charge in [-0.05, 0) is 68.0 Å². The lowest BCUT2D eigenvalue weighted by atomic mass is 9.81. The molecule has 0 aliphatic carbocycles. The number of hydrogen-bond acceptors (Lipinski definition) is 5. The molecular formula is C31H33F2NO5. The molecule has 3 aromatic carbocycles. The molecule has 1 saturated heterocycles. The fraction of sp³-hybridized carbons (Fsp3) is 0.355. The minimum Gasteiger partial charge on any atom is -0.486 e. The molecule has 0 bridgehead atoms. The number of benzene rings is 3. The van der Waals surface area contributed by atoms with Crippen LogP contribution < -0.4 is 10.1 Å². The quantitative estimate of drug-likeness (QED) is 0.355. The molecule has 1 aliphatic rings. The number of aryl methyl sites for hydroxylation is 3. The van der Waals surface area contributed by atoms with E-state index in [2.05, 4.69) is 23.5 Å². The smallest absolute Gasteiger partial charge is 0.305 e. The summed E-state index contributed by atoms with van der Waals surface area (Å²) in [5, 5.41) is 3.29. The van der Waals surface area contributed by atoms with E-state index in [-0.39, 0.29) is 30.7 Å². The van der Waals surface area contributed by atoms with Crippen molar-refractivity contribution in [1.82, 2.24) is 5.32 Å². The van der Waals surface area contributed by atoms with Crippen LogP contribution in [0.2, 0.25) is 0 Å². The van der Waals surface area contributed by atoms with Crippen LogP contribution in [0.3, 0.4) is 0 Å². The number of carbonyl (C=O) groups excluding carboxylic acids is 2. The van der Waals surface area contributed by atoms with Crippen molar-refractivity contribution >= 4 is 11.9 Å². The number of halogens is 2. The molecule has 0 atom stereocenters. The summed E-state index contributed by atoms with van der Waals surface area (Å²) in [5.74, 6) is -2.19. The molecule has 8 heteroatoms. The lowest BCUT2D eigenvalue weighted by Gasteiger charge is -2.39. The number of nitrogens with one attached hydrogen (secondary N) is 1. The molecule has 0 spiro atoms. The van der Waals surface area contributed by atoms with E-state index in [1.807, 2.05) is 13.8 Å². The maximum absolute atomic E-state index is 14.1. The van der Waals surface area contributed by atoms with Gasteiger partial charge in [0, 0.05) is 31.3 Å². The number of hydrogen-bond donors (Lipinski definition) is 1. The first-order chi connectivity index (χ1) is 18.7. The molecule has 1 amide bonds. The highest BCUT2D eigenvalue weighted by atomic mass is 19.1. The first-order valence-corrected chi connectivity index (χ1v) is 12.9. The molecule has 0 radical (unpaired) electrons. The lowest BCUT2D eigenvalue weighted by molar-refractivity contribution is -0.140. The van der Waals surface area contributed by atoms with Crippen LogP contribution in [-0.2, 0) is 32.8 Å². The molecule has 1 heterocycles. The zero-order valence-electron chi connectivity index (χ0n) is 22.4. The van der Waals surface area contributed by atoms with Gasteiger partial charge in [0.05, 0.1) is 12.6 Å². The van der Waals surface area contributed by atoms with Crippen LogP contribution >= 0.6 is 0 Å². The van der Waals surface area contributed by atoms with Crippen LogP contribution in [0.5, 0.6) is 5.75 Å². The summed E-state index contributed by atoms with van der Waals surface area (Å²) in [5.41, 5.74) is 4.26.